The van der Waals surface area contributed by atoms with Gasteiger partial charge in [0.15, 0.2) is 0 Å². The van der Waals surface area contributed by atoms with Gasteiger partial charge in [-0.2, -0.15) is 5.10 Å². The van der Waals surface area contributed by atoms with E-state index < -0.39 is 0 Å². The number of piperidine rings is 1. The molecule has 2 aromatic rings. The smallest absolute Gasteiger partial charge is 0.227 e. The number of nitrogens with zero attached hydrogens (tertiary/aromatic N) is 4. The van der Waals surface area contributed by atoms with Crippen LogP contribution in [0.5, 0.6) is 0 Å². The molecular weight excluding hydrogens is 333 g/mol. The zero-order valence-corrected chi connectivity index (χ0v) is 15.4. The first-order chi connectivity index (χ1) is 12.5. The highest BCUT2D eigenvalue weighted by Crippen LogP contribution is 2.24. The molecule has 6 nitrogen and oxygen atoms in total. The zero-order chi connectivity index (χ0) is 18.7. The van der Waals surface area contributed by atoms with E-state index in [-0.39, 0.29) is 30.2 Å². The summed E-state index contributed by atoms with van der Waals surface area (Å²) in [4.78, 5) is 19.3. The van der Waals surface area contributed by atoms with Crippen LogP contribution in [0, 0.1) is 25.6 Å². The summed E-state index contributed by atoms with van der Waals surface area (Å²) in [6, 6.07) is 6.41. The number of halogens is 1. The van der Waals surface area contributed by atoms with Gasteiger partial charge in [-0.05, 0) is 50.8 Å². The average Bonchev–Trinajstić information content (AvgIpc) is 2.99. The number of rotatable bonds is 5. The summed E-state index contributed by atoms with van der Waals surface area (Å²) < 4.78 is 15.0. The predicted molar refractivity (Wildman–Crippen MR) is 97.0 cm³/mol. The van der Waals surface area contributed by atoms with E-state index >= 15 is 0 Å². The molecule has 26 heavy (non-hydrogen) atoms. The van der Waals surface area contributed by atoms with E-state index in [0.717, 1.165) is 36.6 Å². The van der Waals surface area contributed by atoms with E-state index in [0.29, 0.717) is 13.0 Å². The minimum absolute atomic E-state index is 0.0658. The van der Waals surface area contributed by atoms with E-state index in [1.807, 2.05) is 23.4 Å². The number of hydrogen-bond donors (Lipinski definition) is 1. The van der Waals surface area contributed by atoms with Crippen LogP contribution in [0.25, 0.3) is 0 Å². The van der Waals surface area contributed by atoms with E-state index in [1.54, 1.807) is 12.1 Å². The number of carbonyl (C=O) groups excluding carboxylic acids is 1. The molecule has 0 bridgehead atoms. The van der Waals surface area contributed by atoms with Gasteiger partial charge < -0.3 is 10.6 Å². The number of aryl methyl sites for hydroxylation is 2. The summed E-state index contributed by atoms with van der Waals surface area (Å²) >= 11 is 0. The highest BCUT2D eigenvalue weighted by Gasteiger charge is 2.30. The van der Waals surface area contributed by atoms with Gasteiger partial charge in [0.05, 0.1) is 12.0 Å². The molecule has 0 spiro atoms. The molecule has 2 heterocycles. The second-order valence-electron chi connectivity index (χ2n) is 6.99. The third kappa shape index (κ3) is 4.09. The summed E-state index contributed by atoms with van der Waals surface area (Å²) in [5.41, 5.74) is 6.80. The first kappa shape index (κ1) is 18.5. The quantitative estimate of drug-likeness (QED) is 0.886. The van der Waals surface area contributed by atoms with Gasteiger partial charge in [0.1, 0.15) is 17.5 Å². The Bertz CT molecular complexity index is 758. The van der Waals surface area contributed by atoms with Gasteiger partial charge in [0.2, 0.25) is 5.91 Å². The second-order valence-corrected chi connectivity index (χ2v) is 6.99. The summed E-state index contributed by atoms with van der Waals surface area (Å²) in [6.07, 6.45) is 2.44. The Labute approximate surface area is 153 Å². The second kappa shape index (κ2) is 7.95. The topological polar surface area (TPSA) is 77.0 Å². The molecule has 2 atom stereocenters. The summed E-state index contributed by atoms with van der Waals surface area (Å²) in [5, 5.41) is 4.48. The lowest BCUT2D eigenvalue weighted by Gasteiger charge is -2.35. The highest BCUT2D eigenvalue weighted by molar-refractivity contribution is 5.79. The molecule has 0 saturated carbocycles. The third-order valence-corrected chi connectivity index (χ3v) is 4.99. The molecule has 1 aromatic carbocycles. The molecule has 2 N–H and O–H groups in total. The van der Waals surface area contributed by atoms with E-state index in [9.17, 15) is 9.18 Å². The van der Waals surface area contributed by atoms with Crippen molar-refractivity contribution in [2.45, 2.75) is 39.2 Å². The van der Waals surface area contributed by atoms with Crippen LogP contribution < -0.4 is 5.73 Å². The normalized spacial score (nSPS) is 18.8. The number of hydrogen-bond acceptors (Lipinski definition) is 4. The van der Waals surface area contributed by atoms with Crippen molar-refractivity contribution in [1.29, 1.82) is 0 Å². The number of nitrogens with two attached hydrogens (primary N) is 1. The molecule has 1 aliphatic rings. The van der Waals surface area contributed by atoms with Crippen molar-refractivity contribution in [1.82, 2.24) is 19.7 Å². The monoisotopic (exact) mass is 359 g/mol. The molecule has 1 amide bonds. The average molecular weight is 359 g/mol. The summed E-state index contributed by atoms with van der Waals surface area (Å²) in [5.74, 6) is 1.13. The van der Waals surface area contributed by atoms with Gasteiger partial charge in [-0.3, -0.25) is 4.79 Å². The van der Waals surface area contributed by atoms with Crippen LogP contribution >= 0.6 is 0 Å². The summed E-state index contributed by atoms with van der Waals surface area (Å²) in [7, 11) is 0. The van der Waals surface area contributed by atoms with Crippen LogP contribution in [-0.2, 0) is 11.2 Å². The van der Waals surface area contributed by atoms with E-state index in [2.05, 4.69) is 10.1 Å². The molecule has 1 aliphatic heterocycles. The number of aromatic nitrogens is 3. The Morgan fingerprint density at radius 2 is 2.08 bits per heavy atom. The molecule has 140 valence electrons. The van der Waals surface area contributed by atoms with Crippen LogP contribution in [0.15, 0.2) is 24.3 Å². The minimum atomic E-state index is -0.294. The van der Waals surface area contributed by atoms with Gasteiger partial charge >= 0.3 is 0 Å². The molecule has 3 rings (SSSR count). The maximum atomic E-state index is 13.1. The minimum Gasteiger partial charge on any atom is -0.340 e. The largest absolute Gasteiger partial charge is 0.340 e. The van der Waals surface area contributed by atoms with Gasteiger partial charge in [-0.15, -0.1) is 0 Å². The fraction of sp³-hybridized carbons (Fsp3) is 0.526. The number of benzene rings is 1. The predicted octanol–water partition coefficient (Wildman–Crippen LogP) is 2.02. The van der Waals surface area contributed by atoms with Crippen LogP contribution in [0.1, 0.15) is 36.1 Å². The van der Waals surface area contributed by atoms with Crippen molar-refractivity contribution in [3.63, 3.8) is 0 Å². The van der Waals surface area contributed by atoms with Crippen molar-refractivity contribution in [3.05, 3.63) is 47.3 Å². The molecule has 1 aromatic heterocycles. The Morgan fingerprint density at radius 1 is 1.35 bits per heavy atom. The van der Waals surface area contributed by atoms with E-state index in [4.69, 9.17) is 5.73 Å². The number of likely N-dealkylation sites (tertiary alicyclic amines) is 1. The van der Waals surface area contributed by atoms with Gasteiger partial charge in [-0.25, -0.2) is 14.1 Å². The molecule has 1 fully saturated rings. The van der Waals surface area contributed by atoms with Crippen LogP contribution in [0.2, 0.25) is 0 Å². The first-order valence-electron chi connectivity index (χ1n) is 9.11. The van der Waals surface area contributed by atoms with Crippen molar-refractivity contribution in [3.8, 4) is 0 Å². The van der Waals surface area contributed by atoms with E-state index in [1.165, 1.54) is 12.1 Å². The lowest BCUT2D eigenvalue weighted by molar-refractivity contribution is -0.137. The first-order valence-corrected chi connectivity index (χ1v) is 9.11. The molecule has 1 saturated heterocycles. The maximum Gasteiger partial charge on any atom is 0.227 e. The van der Waals surface area contributed by atoms with Crippen LogP contribution in [-0.4, -0.2) is 45.2 Å². The molecule has 0 aliphatic carbocycles. The van der Waals surface area contributed by atoms with Crippen molar-refractivity contribution in [2.24, 2.45) is 11.7 Å². The fourth-order valence-corrected chi connectivity index (χ4v) is 3.67. The van der Waals surface area contributed by atoms with Gasteiger partial charge in [0.25, 0.3) is 0 Å². The van der Waals surface area contributed by atoms with Crippen molar-refractivity contribution < 1.29 is 9.18 Å². The van der Waals surface area contributed by atoms with Gasteiger partial charge in [-0.1, -0.05) is 12.1 Å². The zero-order valence-electron chi connectivity index (χ0n) is 15.4. The van der Waals surface area contributed by atoms with Crippen LogP contribution in [0.3, 0.4) is 0 Å². The fourth-order valence-electron chi connectivity index (χ4n) is 3.67. The molecular formula is C19H26FN5O. The molecule has 7 heteroatoms. The molecule has 0 radical (unpaired) electrons. The Kier molecular flexibility index (Phi) is 5.66. The Balaban J connectivity index is 1.68. The lowest BCUT2D eigenvalue weighted by atomic mass is 9.96. The summed E-state index contributed by atoms with van der Waals surface area (Å²) in [6.45, 7) is 5.46. The maximum absolute atomic E-state index is 13.1. The SMILES string of the molecule is Cc1nc(C)n(C2CCCN(C(=O)C(CN)Cc3ccc(F)cc3)C2)n1. The standard InChI is InChI=1S/C19H26FN5O/c1-13-22-14(2)25(23-13)18-4-3-9-24(12-18)19(26)16(11-21)10-15-5-7-17(20)8-6-15/h5-8,16,18H,3-4,9-12,21H2,1-2H3. The highest BCUT2D eigenvalue weighted by atomic mass is 19.1. The number of carbonyl (C=O) groups is 1. The van der Waals surface area contributed by atoms with Crippen molar-refractivity contribution >= 4 is 5.91 Å². The third-order valence-electron chi connectivity index (χ3n) is 4.99. The molecule has 2 unspecified atom stereocenters. The Hall–Kier alpha value is -2.28. The lowest BCUT2D eigenvalue weighted by Crippen LogP contribution is -2.46. The van der Waals surface area contributed by atoms with Gasteiger partial charge in [0, 0.05) is 19.6 Å². The number of amides is 1. The Morgan fingerprint density at radius 3 is 2.69 bits per heavy atom. The van der Waals surface area contributed by atoms with Crippen molar-refractivity contribution in [2.75, 3.05) is 19.6 Å². The van der Waals surface area contributed by atoms with Crippen LogP contribution in [0.4, 0.5) is 4.39 Å².